The molecule has 3 heteroatoms. The zero-order valence-electron chi connectivity index (χ0n) is 17.1. The topological polar surface area (TPSA) is 0 Å². The Hall–Kier alpha value is -2.29. The van der Waals surface area contributed by atoms with Crippen molar-refractivity contribution in [1.29, 1.82) is 0 Å². The molecule has 3 aromatic carbocycles. The molecule has 3 rings (SSSR count). The van der Waals surface area contributed by atoms with Crippen molar-refractivity contribution in [1.82, 2.24) is 0 Å². The van der Waals surface area contributed by atoms with E-state index >= 15 is 0 Å². The van der Waals surface area contributed by atoms with Crippen molar-refractivity contribution in [2.24, 2.45) is 0 Å². The molecule has 0 saturated carbocycles. The zero-order chi connectivity index (χ0) is 20.7. The first-order valence-corrected chi connectivity index (χ1v) is 9.58. The molecule has 0 nitrogen and oxygen atoms in total. The number of hydrogen-bond donors (Lipinski definition) is 0. The molecule has 28 heavy (non-hydrogen) atoms. The van der Waals surface area contributed by atoms with Crippen LogP contribution in [0.15, 0.2) is 60.7 Å². The highest BCUT2D eigenvalue weighted by molar-refractivity contribution is 5.86. The Bertz CT molecular complexity index is 971. The summed E-state index contributed by atoms with van der Waals surface area (Å²) in [5.74, 6) is 0. The van der Waals surface area contributed by atoms with E-state index in [4.69, 9.17) is 0 Å². The molecule has 0 saturated heterocycles. The fourth-order valence-electron chi connectivity index (χ4n) is 3.66. The minimum atomic E-state index is -4.30. The molecule has 3 aromatic rings. The molecule has 0 fully saturated rings. The largest absolute Gasteiger partial charge is 0.416 e. The summed E-state index contributed by atoms with van der Waals surface area (Å²) < 4.78 is 38.6. The Labute approximate surface area is 165 Å². The van der Waals surface area contributed by atoms with E-state index < -0.39 is 11.7 Å². The summed E-state index contributed by atoms with van der Waals surface area (Å²) in [6.45, 7) is 10.8. The fourth-order valence-corrected chi connectivity index (χ4v) is 3.66. The van der Waals surface area contributed by atoms with E-state index in [9.17, 15) is 13.2 Å². The number of alkyl halides is 3. The first-order chi connectivity index (χ1) is 12.9. The second-order valence-electron chi connectivity index (χ2n) is 9.24. The van der Waals surface area contributed by atoms with Crippen LogP contribution in [0.1, 0.15) is 56.9 Å². The smallest absolute Gasteiger partial charge is 0.166 e. The van der Waals surface area contributed by atoms with Gasteiger partial charge in [0.15, 0.2) is 0 Å². The quantitative estimate of drug-likeness (QED) is 0.434. The Morgan fingerprint density at radius 3 is 1.82 bits per heavy atom. The summed E-state index contributed by atoms with van der Waals surface area (Å²) in [6, 6.07) is 18.5. The van der Waals surface area contributed by atoms with Gasteiger partial charge >= 0.3 is 6.18 Å². The molecule has 148 valence electrons. The zero-order valence-corrected chi connectivity index (χ0v) is 17.1. The molecular weight excluding hydrogens is 357 g/mol. The summed E-state index contributed by atoms with van der Waals surface area (Å²) in [7, 11) is 0. The lowest BCUT2D eigenvalue weighted by atomic mass is 9.77. The second kappa shape index (κ2) is 6.95. The third-order valence-corrected chi connectivity index (χ3v) is 5.46. The van der Waals surface area contributed by atoms with E-state index in [0.29, 0.717) is 0 Å². The van der Waals surface area contributed by atoms with Crippen LogP contribution in [0, 0.1) is 0 Å². The highest BCUT2D eigenvalue weighted by atomic mass is 19.4. The van der Waals surface area contributed by atoms with Crippen molar-refractivity contribution in [3.05, 3.63) is 82.9 Å². The fraction of sp³-hybridized carbons (Fsp3) is 0.360. The summed E-state index contributed by atoms with van der Waals surface area (Å²) >= 11 is 0. The van der Waals surface area contributed by atoms with Crippen LogP contribution in [0.25, 0.3) is 10.8 Å². The van der Waals surface area contributed by atoms with Gasteiger partial charge in [0.05, 0.1) is 5.56 Å². The van der Waals surface area contributed by atoms with Gasteiger partial charge in [0.25, 0.3) is 0 Å². The summed E-state index contributed by atoms with van der Waals surface area (Å²) in [5.41, 5.74) is 2.61. The van der Waals surface area contributed by atoms with Gasteiger partial charge in [-0.2, -0.15) is 13.2 Å². The molecule has 0 aliphatic rings. The summed E-state index contributed by atoms with van der Waals surface area (Å²) in [5, 5.41) is 2.41. The van der Waals surface area contributed by atoms with Crippen molar-refractivity contribution in [2.45, 2.75) is 58.0 Å². The lowest BCUT2D eigenvalue weighted by molar-refractivity contribution is -0.137. The molecule has 0 unspecified atom stereocenters. The predicted molar refractivity (Wildman–Crippen MR) is 111 cm³/mol. The van der Waals surface area contributed by atoms with Gasteiger partial charge in [0.1, 0.15) is 0 Å². The molecule has 0 atom stereocenters. The standard InChI is InChI=1S/C25H27F3/c1-23(2,3)21-13-14-22-17(15-21)7-6-8-18(22)16-24(4,5)19-9-11-20(12-10-19)25(26,27)28/h6-15H,16H2,1-5H3. The van der Waals surface area contributed by atoms with E-state index in [0.717, 1.165) is 12.0 Å². The average Bonchev–Trinajstić information content (AvgIpc) is 2.60. The predicted octanol–water partition coefficient (Wildman–Crippen LogP) is 7.68. The molecular formula is C25H27F3. The van der Waals surface area contributed by atoms with E-state index in [1.165, 1.54) is 34.0 Å². The first kappa shape index (κ1) is 20.4. The van der Waals surface area contributed by atoms with E-state index in [-0.39, 0.29) is 10.8 Å². The maximum absolute atomic E-state index is 12.9. The van der Waals surface area contributed by atoms with Gasteiger partial charge in [0, 0.05) is 0 Å². The van der Waals surface area contributed by atoms with Crippen molar-refractivity contribution in [3.8, 4) is 0 Å². The maximum Gasteiger partial charge on any atom is 0.416 e. The normalized spacial score (nSPS) is 13.1. The van der Waals surface area contributed by atoms with Gasteiger partial charge in [-0.1, -0.05) is 83.1 Å². The van der Waals surface area contributed by atoms with Gasteiger partial charge in [-0.05, 0) is 56.8 Å². The minimum Gasteiger partial charge on any atom is -0.166 e. The molecule has 0 aromatic heterocycles. The molecule has 0 spiro atoms. The van der Waals surface area contributed by atoms with E-state index in [1.54, 1.807) is 12.1 Å². The van der Waals surface area contributed by atoms with Crippen LogP contribution in [0.2, 0.25) is 0 Å². The molecule has 0 N–H and O–H groups in total. The van der Waals surface area contributed by atoms with Gasteiger partial charge in [0.2, 0.25) is 0 Å². The van der Waals surface area contributed by atoms with Crippen molar-refractivity contribution >= 4 is 10.8 Å². The number of halogens is 3. The molecule has 0 radical (unpaired) electrons. The molecule has 0 amide bonds. The van der Waals surface area contributed by atoms with Crippen LogP contribution < -0.4 is 0 Å². The second-order valence-corrected chi connectivity index (χ2v) is 9.24. The number of hydrogen-bond acceptors (Lipinski definition) is 0. The van der Waals surface area contributed by atoms with Crippen LogP contribution in [-0.2, 0) is 23.4 Å². The first-order valence-electron chi connectivity index (χ1n) is 9.58. The summed E-state index contributed by atoms with van der Waals surface area (Å²) in [4.78, 5) is 0. The van der Waals surface area contributed by atoms with Crippen LogP contribution in [0.3, 0.4) is 0 Å². The Morgan fingerprint density at radius 2 is 1.25 bits per heavy atom. The van der Waals surface area contributed by atoms with Gasteiger partial charge < -0.3 is 0 Å². The SMILES string of the molecule is CC(C)(C)c1ccc2c(CC(C)(C)c3ccc(C(F)(F)F)cc3)cccc2c1. The van der Waals surface area contributed by atoms with E-state index in [1.807, 2.05) is 0 Å². The van der Waals surface area contributed by atoms with Gasteiger partial charge in [-0.3, -0.25) is 0 Å². The Morgan fingerprint density at radius 1 is 0.679 bits per heavy atom. The number of fused-ring (bicyclic) bond motifs is 1. The van der Waals surface area contributed by atoms with E-state index in [2.05, 4.69) is 71.0 Å². The van der Waals surface area contributed by atoms with Crippen LogP contribution in [0.4, 0.5) is 13.2 Å². The third kappa shape index (κ3) is 4.24. The highest BCUT2D eigenvalue weighted by Crippen LogP contribution is 2.35. The third-order valence-electron chi connectivity index (χ3n) is 5.46. The molecule has 0 bridgehead atoms. The lowest BCUT2D eigenvalue weighted by Gasteiger charge is -2.27. The van der Waals surface area contributed by atoms with Crippen molar-refractivity contribution < 1.29 is 13.2 Å². The number of benzene rings is 3. The monoisotopic (exact) mass is 384 g/mol. The minimum absolute atomic E-state index is 0.0870. The van der Waals surface area contributed by atoms with Gasteiger partial charge in [-0.15, -0.1) is 0 Å². The summed E-state index contributed by atoms with van der Waals surface area (Å²) in [6.07, 6.45) is -3.55. The Balaban J connectivity index is 1.94. The van der Waals surface area contributed by atoms with Crippen LogP contribution >= 0.6 is 0 Å². The Kier molecular flexibility index (Phi) is 5.07. The van der Waals surface area contributed by atoms with Crippen LogP contribution in [-0.4, -0.2) is 0 Å². The molecule has 0 aliphatic heterocycles. The van der Waals surface area contributed by atoms with Crippen LogP contribution in [0.5, 0.6) is 0 Å². The number of rotatable bonds is 3. The molecule has 0 heterocycles. The average molecular weight is 384 g/mol. The molecule has 0 aliphatic carbocycles. The lowest BCUT2D eigenvalue weighted by Crippen LogP contribution is -2.21. The maximum atomic E-state index is 12.9. The highest BCUT2D eigenvalue weighted by Gasteiger charge is 2.31. The van der Waals surface area contributed by atoms with Crippen molar-refractivity contribution in [2.75, 3.05) is 0 Å². The van der Waals surface area contributed by atoms with Gasteiger partial charge in [-0.25, -0.2) is 0 Å². The van der Waals surface area contributed by atoms with Crippen molar-refractivity contribution in [3.63, 3.8) is 0 Å².